The van der Waals surface area contributed by atoms with Crippen molar-refractivity contribution < 1.29 is 4.79 Å². The van der Waals surface area contributed by atoms with Crippen molar-refractivity contribution in [1.82, 2.24) is 4.90 Å². The molecule has 0 spiro atoms. The van der Waals surface area contributed by atoms with Crippen molar-refractivity contribution in [1.29, 1.82) is 0 Å². The Labute approximate surface area is 81.3 Å². The van der Waals surface area contributed by atoms with Gasteiger partial charge in [0.05, 0.1) is 0 Å². The number of hydrogen-bond donors (Lipinski definition) is 0. The largest absolute Gasteiger partial charge is 0.309 e. The molecule has 0 heterocycles. The smallest absolute Gasteiger partial charge is 0.137 e. The van der Waals surface area contributed by atoms with Crippen molar-refractivity contribution in [2.24, 2.45) is 5.92 Å². The van der Waals surface area contributed by atoms with Crippen LogP contribution in [0.1, 0.15) is 38.5 Å². The molecule has 2 heteroatoms. The highest BCUT2D eigenvalue weighted by Gasteiger charge is 2.19. The Bertz CT molecular complexity index is 165. The van der Waals surface area contributed by atoms with Gasteiger partial charge >= 0.3 is 0 Å². The van der Waals surface area contributed by atoms with E-state index < -0.39 is 0 Å². The van der Waals surface area contributed by atoms with Gasteiger partial charge in [0.15, 0.2) is 0 Å². The second kappa shape index (κ2) is 5.38. The van der Waals surface area contributed by atoms with Gasteiger partial charge in [-0.3, -0.25) is 4.79 Å². The summed E-state index contributed by atoms with van der Waals surface area (Å²) < 4.78 is 0. The van der Waals surface area contributed by atoms with E-state index >= 15 is 0 Å². The Hall–Kier alpha value is -0.370. The minimum absolute atomic E-state index is 0.315. The van der Waals surface area contributed by atoms with Gasteiger partial charge in [0.25, 0.3) is 0 Å². The van der Waals surface area contributed by atoms with E-state index in [0.29, 0.717) is 11.7 Å². The van der Waals surface area contributed by atoms with Crippen LogP contribution < -0.4 is 0 Å². The second-order valence-electron chi connectivity index (χ2n) is 4.38. The first-order chi connectivity index (χ1) is 6.20. The third kappa shape index (κ3) is 3.90. The molecule has 1 aliphatic rings. The molecule has 2 nitrogen and oxygen atoms in total. The lowest BCUT2D eigenvalue weighted by Crippen LogP contribution is -2.28. The number of ketones is 1. The summed E-state index contributed by atoms with van der Waals surface area (Å²) in [6.07, 6.45) is 6.85. The molecule has 1 atom stereocenters. The van der Waals surface area contributed by atoms with Crippen LogP contribution in [-0.4, -0.2) is 31.3 Å². The van der Waals surface area contributed by atoms with Gasteiger partial charge in [-0.15, -0.1) is 0 Å². The minimum Gasteiger partial charge on any atom is -0.309 e. The number of Topliss-reactive ketones (excluding diaryl/α,β-unsaturated/α-hetero) is 1. The molecule has 0 radical (unpaired) electrons. The van der Waals surface area contributed by atoms with Crippen LogP contribution in [0.5, 0.6) is 0 Å². The minimum atomic E-state index is 0.315. The van der Waals surface area contributed by atoms with Gasteiger partial charge in [0, 0.05) is 18.9 Å². The van der Waals surface area contributed by atoms with E-state index in [4.69, 9.17) is 0 Å². The number of nitrogens with zero attached hydrogens (tertiary/aromatic N) is 1. The van der Waals surface area contributed by atoms with Gasteiger partial charge in [0.2, 0.25) is 0 Å². The van der Waals surface area contributed by atoms with Crippen molar-refractivity contribution in [2.45, 2.75) is 38.5 Å². The molecule has 0 amide bonds. The molecule has 0 aromatic rings. The van der Waals surface area contributed by atoms with Crippen LogP contribution in [0, 0.1) is 5.92 Å². The van der Waals surface area contributed by atoms with E-state index in [9.17, 15) is 4.79 Å². The summed E-state index contributed by atoms with van der Waals surface area (Å²) in [5, 5.41) is 0. The van der Waals surface area contributed by atoms with Crippen molar-refractivity contribution >= 4 is 5.78 Å². The van der Waals surface area contributed by atoms with Crippen LogP contribution in [0.2, 0.25) is 0 Å². The van der Waals surface area contributed by atoms with Gasteiger partial charge in [-0.25, -0.2) is 0 Å². The van der Waals surface area contributed by atoms with Crippen molar-refractivity contribution in [3.05, 3.63) is 0 Å². The molecule has 0 saturated heterocycles. The maximum atomic E-state index is 11.7. The predicted molar refractivity (Wildman–Crippen MR) is 54.8 cm³/mol. The fourth-order valence-corrected chi connectivity index (χ4v) is 2.04. The third-order valence-corrected chi connectivity index (χ3v) is 2.77. The van der Waals surface area contributed by atoms with Crippen molar-refractivity contribution in [3.63, 3.8) is 0 Å². The lowest BCUT2D eigenvalue weighted by Gasteiger charge is -2.21. The normalized spacial score (nSPS) is 25.8. The van der Waals surface area contributed by atoms with Crippen LogP contribution >= 0.6 is 0 Å². The van der Waals surface area contributed by atoms with Gasteiger partial charge in [-0.2, -0.15) is 0 Å². The zero-order chi connectivity index (χ0) is 9.68. The first-order valence-electron chi connectivity index (χ1n) is 5.37. The zero-order valence-electron chi connectivity index (χ0n) is 8.88. The van der Waals surface area contributed by atoms with Crippen LogP contribution in [0.15, 0.2) is 0 Å². The lowest BCUT2D eigenvalue weighted by atomic mass is 9.90. The summed E-state index contributed by atoms with van der Waals surface area (Å²) in [6.45, 7) is 0.943. The fraction of sp³-hybridized carbons (Fsp3) is 0.909. The van der Waals surface area contributed by atoms with E-state index in [1.54, 1.807) is 0 Å². The van der Waals surface area contributed by atoms with E-state index in [0.717, 1.165) is 25.8 Å². The Kier molecular flexibility index (Phi) is 4.43. The second-order valence-corrected chi connectivity index (χ2v) is 4.38. The molecule has 0 aromatic carbocycles. The number of hydrogen-bond acceptors (Lipinski definition) is 2. The van der Waals surface area contributed by atoms with Crippen LogP contribution in [0.3, 0.4) is 0 Å². The molecule has 0 unspecified atom stereocenters. The van der Waals surface area contributed by atoms with E-state index in [1.165, 1.54) is 19.3 Å². The van der Waals surface area contributed by atoms with Crippen LogP contribution in [-0.2, 0) is 4.79 Å². The summed E-state index contributed by atoms with van der Waals surface area (Å²) in [5.74, 6) is 0.809. The molecular formula is C11H21NO. The van der Waals surface area contributed by atoms with E-state index in [1.807, 2.05) is 14.1 Å². The van der Waals surface area contributed by atoms with Crippen LogP contribution in [0.4, 0.5) is 0 Å². The fourth-order valence-electron chi connectivity index (χ4n) is 2.04. The Morgan fingerprint density at radius 2 is 1.92 bits per heavy atom. The lowest BCUT2D eigenvalue weighted by molar-refractivity contribution is -0.124. The van der Waals surface area contributed by atoms with Gasteiger partial charge in [-0.05, 0) is 26.9 Å². The highest BCUT2D eigenvalue weighted by Crippen LogP contribution is 2.19. The van der Waals surface area contributed by atoms with E-state index in [2.05, 4.69) is 4.90 Å². The molecule has 0 bridgehead atoms. The molecular weight excluding hydrogens is 162 g/mol. The Morgan fingerprint density at radius 3 is 2.62 bits per heavy atom. The SMILES string of the molecule is CN(C)C[C@@H]1CCCCCCC1=O. The third-order valence-electron chi connectivity index (χ3n) is 2.77. The summed E-state index contributed by atoms with van der Waals surface area (Å²) in [6, 6.07) is 0. The average molecular weight is 183 g/mol. The molecule has 0 N–H and O–H groups in total. The number of carbonyl (C=O) groups excluding carboxylic acids is 1. The number of rotatable bonds is 2. The number of carbonyl (C=O) groups is 1. The molecule has 1 fully saturated rings. The predicted octanol–water partition coefficient (Wildman–Crippen LogP) is 2.09. The first-order valence-corrected chi connectivity index (χ1v) is 5.37. The first kappa shape index (κ1) is 10.7. The standard InChI is InChI=1S/C11H21NO/c1-12(2)9-10-7-5-3-4-6-8-11(10)13/h10H,3-9H2,1-2H3/t10-/m0/s1. The van der Waals surface area contributed by atoms with Gasteiger partial charge in [-0.1, -0.05) is 19.3 Å². The molecule has 1 saturated carbocycles. The molecule has 13 heavy (non-hydrogen) atoms. The van der Waals surface area contributed by atoms with Gasteiger partial charge < -0.3 is 4.90 Å². The molecule has 1 rings (SSSR count). The quantitative estimate of drug-likeness (QED) is 0.653. The molecule has 0 aromatic heterocycles. The van der Waals surface area contributed by atoms with Gasteiger partial charge in [0.1, 0.15) is 5.78 Å². The average Bonchev–Trinajstić information content (AvgIpc) is 2.04. The topological polar surface area (TPSA) is 20.3 Å². The molecule has 0 aliphatic heterocycles. The summed E-state index contributed by atoms with van der Waals surface area (Å²) >= 11 is 0. The Morgan fingerprint density at radius 1 is 1.23 bits per heavy atom. The van der Waals surface area contributed by atoms with Crippen molar-refractivity contribution in [2.75, 3.05) is 20.6 Å². The maximum Gasteiger partial charge on any atom is 0.137 e. The maximum absolute atomic E-state index is 11.7. The summed E-state index contributed by atoms with van der Waals surface area (Å²) in [7, 11) is 4.10. The zero-order valence-corrected chi connectivity index (χ0v) is 8.88. The monoisotopic (exact) mass is 183 g/mol. The highest BCUT2D eigenvalue weighted by atomic mass is 16.1. The van der Waals surface area contributed by atoms with Crippen LogP contribution in [0.25, 0.3) is 0 Å². The molecule has 76 valence electrons. The summed E-state index contributed by atoms with van der Waals surface area (Å²) in [5.41, 5.74) is 0. The Balaban J connectivity index is 2.41. The molecule has 1 aliphatic carbocycles. The van der Waals surface area contributed by atoms with Crippen molar-refractivity contribution in [3.8, 4) is 0 Å². The highest BCUT2D eigenvalue weighted by molar-refractivity contribution is 5.81. The summed E-state index contributed by atoms with van der Waals surface area (Å²) in [4.78, 5) is 13.8. The van der Waals surface area contributed by atoms with E-state index in [-0.39, 0.29) is 0 Å².